The normalized spacial score (nSPS) is 10.9. The van der Waals surface area contributed by atoms with Gasteiger partial charge in [0.2, 0.25) is 0 Å². The van der Waals surface area contributed by atoms with Crippen LogP contribution in [0.3, 0.4) is 0 Å². The number of nitrogens with two attached hydrogens (primary N) is 1. The number of thiophene rings is 1. The van der Waals surface area contributed by atoms with Crippen molar-refractivity contribution in [2.45, 2.75) is 26.3 Å². The van der Waals surface area contributed by atoms with Gasteiger partial charge in [0.15, 0.2) is 0 Å². The predicted molar refractivity (Wildman–Crippen MR) is 79.6 cm³/mol. The highest BCUT2D eigenvalue weighted by Gasteiger charge is 2.14. The summed E-state index contributed by atoms with van der Waals surface area (Å²) in [5, 5.41) is 4.98. The first kappa shape index (κ1) is 13.7. The average molecular weight is 277 g/mol. The first-order valence-corrected chi connectivity index (χ1v) is 7.24. The fourth-order valence-electron chi connectivity index (χ4n) is 1.95. The van der Waals surface area contributed by atoms with Gasteiger partial charge in [-0.05, 0) is 37.8 Å². The summed E-state index contributed by atoms with van der Waals surface area (Å²) in [5.74, 6) is -0.0676. The summed E-state index contributed by atoms with van der Waals surface area (Å²) in [6, 6.07) is 6.04. The van der Waals surface area contributed by atoms with Gasteiger partial charge in [0.25, 0.3) is 5.91 Å². The standard InChI is InChI=1S/C14H19N3OS/c1-10(2)17-9-11(15)8-13(17)14(18)16-6-5-12-4-3-7-19-12/h3-4,7-10H,5-6,15H2,1-2H3,(H,16,18). The van der Waals surface area contributed by atoms with E-state index in [0.717, 1.165) is 6.42 Å². The molecule has 0 fully saturated rings. The molecule has 2 aromatic heterocycles. The number of hydrogen-bond donors (Lipinski definition) is 2. The molecule has 0 atom stereocenters. The maximum Gasteiger partial charge on any atom is 0.268 e. The van der Waals surface area contributed by atoms with Gasteiger partial charge in [0, 0.05) is 23.7 Å². The van der Waals surface area contributed by atoms with Gasteiger partial charge in [-0.1, -0.05) is 6.07 Å². The van der Waals surface area contributed by atoms with Crippen molar-refractivity contribution in [3.63, 3.8) is 0 Å². The fourth-order valence-corrected chi connectivity index (χ4v) is 2.66. The third kappa shape index (κ3) is 3.38. The molecule has 3 N–H and O–H groups in total. The summed E-state index contributed by atoms with van der Waals surface area (Å²) in [7, 11) is 0. The highest BCUT2D eigenvalue weighted by molar-refractivity contribution is 7.09. The molecule has 0 unspecified atom stereocenters. The van der Waals surface area contributed by atoms with Crippen LogP contribution in [0, 0.1) is 0 Å². The number of rotatable bonds is 5. The molecule has 0 saturated carbocycles. The SMILES string of the molecule is CC(C)n1cc(N)cc1C(=O)NCCc1cccs1. The van der Waals surface area contributed by atoms with E-state index in [-0.39, 0.29) is 11.9 Å². The van der Waals surface area contributed by atoms with E-state index in [9.17, 15) is 4.79 Å². The highest BCUT2D eigenvalue weighted by Crippen LogP contribution is 2.16. The molecule has 19 heavy (non-hydrogen) atoms. The molecule has 2 heterocycles. The van der Waals surface area contributed by atoms with E-state index in [0.29, 0.717) is 17.9 Å². The molecule has 5 heteroatoms. The van der Waals surface area contributed by atoms with Crippen LogP contribution in [-0.2, 0) is 6.42 Å². The first-order chi connectivity index (χ1) is 9.08. The zero-order valence-corrected chi connectivity index (χ0v) is 12.0. The van der Waals surface area contributed by atoms with E-state index in [1.165, 1.54) is 4.88 Å². The largest absolute Gasteiger partial charge is 0.397 e. The molecule has 0 aliphatic heterocycles. The number of nitrogen functional groups attached to an aromatic ring is 1. The Bertz CT molecular complexity index is 543. The van der Waals surface area contributed by atoms with Crippen LogP contribution in [-0.4, -0.2) is 17.0 Å². The highest BCUT2D eigenvalue weighted by atomic mass is 32.1. The van der Waals surface area contributed by atoms with Gasteiger partial charge in [-0.3, -0.25) is 4.79 Å². The van der Waals surface area contributed by atoms with Gasteiger partial charge >= 0.3 is 0 Å². The van der Waals surface area contributed by atoms with Crippen molar-refractivity contribution in [3.05, 3.63) is 40.3 Å². The topological polar surface area (TPSA) is 60.0 Å². The van der Waals surface area contributed by atoms with Gasteiger partial charge < -0.3 is 15.6 Å². The quantitative estimate of drug-likeness (QED) is 0.882. The maximum atomic E-state index is 12.1. The molecule has 2 rings (SSSR count). The first-order valence-electron chi connectivity index (χ1n) is 6.36. The number of hydrogen-bond acceptors (Lipinski definition) is 3. The lowest BCUT2D eigenvalue weighted by atomic mass is 10.3. The zero-order valence-electron chi connectivity index (χ0n) is 11.2. The summed E-state index contributed by atoms with van der Waals surface area (Å²) in [5.41, 5.74) is 7.01. The van der Waals surface area contributed by atoms with Crippen LogP contribution in [0.25, 0.3) is 0 Å². The molecular formula is C14H19N3OS. The lowest BCUT2D eigenvalue weighted by Crippen LogP contribution is -2.28. The van der Waals surface area contributed by atoms with Crippen LogP contribution in [0.5, 0.6) is 0 Å². The van der Waals surface area contributed by atoms with Crippen LogP contribution >= 0.6 is 11.3 Å². The molecule has 0 bridgehead atoms. The fraction of sp³-hybridized carbons (Fsp3) is 0.357. The molecule has 0 saturated heterocycles. The summed E-state index contributed by atoms with van der Waals surface area (Å²) in [6.45, 7) is 4.70. The average Bonchev–Trinajstić information content (AvgIpc) is 2.98. The number of carbonyl (C=O) groups excluding carboxylic acids is 1. The van der Waals surface area contributed by atoms with E-state index < -0.39 is 0 Å². The molecule has 102 valence electrons. The van der Waals surface area contributed by atoms with Crippen molar-refractivity contribution in [1.29, 1.82) is 0 Å². The van der Waals surface area contributed by atoms with Gasteiger partial charge in [-0.25, -0.2) is 0 Å². The van der Waals surface area contributed by atoms with Crippen molar-refractivity contribution in [2.24, 2.45) is 0 Å². The van der Waals surface area contributed by atoms with Crippen molar-refractivity contribution in [3.8, 4) is 0 Å². The molecule has 0 radical (unpaired) electrons. The third-order valence-corrected chi connectivity index (χ3v) is 3.83. The van der Waals surface area contributed by atoms with Gasteiger partial charge in [-0.15, -0.1) is 11.3 Å². The molecular weight excluding hydrogens is 258 g/mol. The van der Waals surface area contributed by atoms with Crippen LogP contribution in [0.15, 0.2) is 29.8 Å². The van der Waals surface area contributed by atoms with E-state index in [1.807, 2.05) is 29.9 Å². The number of anilines is 1. The van der Waals surface area contributed by atoms with E-state index in [2.05, 4.69) is 11.4 Å². The van der Waals surface area contributed by atoms with Crippen LogP contribution < -0.4 is 11.1 Å². The smallest absolute Gasteiger partial charge is 0.268 e. The lowest BCUT2D eigenvalue weighted by molar-refractivity contribution is 0.0943. The molecule has 2 aromatic rings. The Morgan fingerprint density at radius 2 is 2.32 bits per heavy atom. The minimum Gasteiger partial charge on any atom is -0.397 e. The number of nitrogens with zero attached hydrogens (tertiary/aromatic N) is 1. The Morgan fingerprint density at radius 1 is 1.53 bits per heavy atom. The van der Waals surface area contributed by atoms with Crippen LogP contribution in [0.2, 0.25) is 0 Å². The Morgan fingerprint density at radius 3 is 2.95 bits per heavy atom. The minimum absolute atomic E-state index is 0.0676. The maximum absolute atomic E-state index is 12.1. The molecule has 0 spiro atoms. The van der Waals surface area contributed by atoms with Crippen LogP contribution in [0.1, 0.15) is 35.3 Å². The van der Waals surface area contributed by atoms with Crippen molar-refractivity contribution in [1.82, 2.24) is 9.88 Å². The van der Waals surface area contributed by atoms with Gasteiger partial charge in [-0.2, -0.15) is 0 Å². The zero-order chi connectivity index (χ0) is 13.8. The second kappa shape index (κ2) is 5.93. The number of nitrogens with one attached hydrogen (secondary N) is 1. The Balaban J connectivity index is 1.96. The minimum atomic E-state index is -0.0676. The summed E-state index contributed by atoms with van der Waals surface area (Å²) in [6.07, 6.45) is 2.67. The lowest BCUT2D eigenvalue weighted by Gasteiger charge is -2.12. The van der Waals surface area contributed by atoms with Crippen molar-refractivity contribution < 1.29 is 4.79 Å². The van der Waals surface area contributed by atoms with Crippen molar-refractivity contribution >= 4 is 22.9 Å². The predicted octanol–water partition coefficient (Wildman–Crippen LogP) is 2.69. The van der Waals surface area contributed by atoms with Crippen molar-refractivity contribution in [2.75, 3.05) is 12.3 Å². The van der Waals surface area contributed by atoms with E-state index in [1.54, 1.807) is 23.6 Å². The summed E-state index contributed by atoms with van der Waals surface area (Å²) < 4.78 is 1.90. The Kier molecular flexibility index (Phi) is 4.27. The second-order valence-corrected chi connectivity index (χ2v) is 5.78. The number of amides is 1. The van der Waals surface area contributed by atoms with Crippen LogP contribution in [0.4, 0.5) is 5.69 Å². The summed E-state index contributed by atoms with van der Waals surface area (Å²) in [4.78, 5) is 13.4. The third-order valence-electron chi connectivity index (χ3n) is 2.90. The molecule has 1 amide bonds. The molecule has 0 aliphatic carbocycles. The number of aromatic nitrogens is 1. The van der Waals surface area contributed by atoms with E-state index in [4.69, 9.17) is 5.73 Å². The van der Waals surface area contributed by atoms with E-state index >= 15 is 0 Å². The Hall–Kier alpha value is -1.75. The molecule has 4 nitrogen and oxygen atoms in total. The van der Waals surface area contributed by atoms with Gasteiger partial charge in [0.1, 0.15) is 5.69 Å². The summed E-state index contributed by atoms with van der Waals surface area (Å²) >= 11 is 1.71. The second-order valence-electron chi connectivity index (χ2n) is 4.74. The Labute approximate surface area is 117 Å². The number of carbonyl (C=O) groups is 1. The monoisotopic (exact) mass is 277 g/mol. The molecule has 0 aromatic carbocycles. The molecule has 0 aliphatic rings. The van der Waals surface area contributed by atoms with Gasteiger partial charge in [0.05, 0.1) is 5.69 Å².